The Hall–Kier alpha value is -0.0400. The predicted molar refractivity (Wildman–Crippen MR) is 54.3 cm³/mol. The lowest BCUT2D eigenvalue weighted by molar-refractivity contribution is -0.0565. The molecule has 74 valence electrons. The van der Waals surface area contributed by atoms with E-state index in [0.29, 0.717) is 0 Å². The molecule has 0 aromatic carbocycles. The topological polar surface area (TPSA) is 26.0 Å². The van der Waals surface area contributed by atoms with E-state index < -0.39 is 0 Å². The average Bonchev–Trinajstić information content (AvgIpc) is 2.00. The minimum absolute atomic E-state index is 0.267. The summed E-state index contributed by atoms with van der Waals surface area (Å²) >= 11 is 0. The van der Waals surface area contributed by atoms with E-state index in [1.54, 1.807) is 0 Å². The molecule has 0 radical (unpaired) electrons. The number of rotatable bonds is 1. The van der Waals surface area contributed by atoms with Crippen LogP contribution in [0.5, 0.6) is 0 Å². The van der Waals surface area contributed by atoms with Crippen molar-refractivity contribution < 1.29 is 0 Å². The van der Waals surface area contributed by atoms with E-state index in [0.717, 1.165) is 23.7 Å². The van der Waals surface area contributed by atoms with Gasteiger partial charge in [0.05, 0.1) is 0 Å². The van der Waals surface area contributed by atoms with Crippen LogP contribution in [-0.2, 0) is 0 Å². The highest BCUT2D eigenvalue weighted by Crippen LogP contribution is 2.58. The molecule has 2 N–H and O–H groups in total. The first-order valence-corrected chi connectivity index (χ1v) is 6.00. The summed E-state index contributed by atoms with van der Waals surface area (Å²) in [5.41, 5.74) is 6.84. The second kappa shape index (κ2) is 2.50. The summed E-state index contributed by atoms with van der Waals surface area (Å²) in [5, 5.41) is 0. The van der Waals surface area contributed by atoms with Gasteiger partial charge in [-0.3, -0.25) is 0 Å². The van der Waals surface area contributed by atoms with E-state index in [4.69, 9.17) is 5.73 Å². The number of hydrogen-bond donors (Lipinski definition) is 1. The van der Waals surface area contributed by atoms with Crippen molar-refractivity contribution in [1.82, 2.24) is 0 Å². The summed E-state index contributed by atoms with van der Waals surface area (Å²) in [4.78, 5) is 0. The Balaban J connectivity index is 1.93. The predicted octanol–water partition coefficient (Wildman–Crippen LogP) is 2.55. The van der Waals surface area contributed by atoms with Crippen LogP contribution in [0, 0.1) is 23.7 Å². The molecule has 0 aromatic heterocycles. The van der Waals surface area contributed by atoms with E-state index >= 15 is 0 Å². The quantitative estimate of drug-likeness (QED) is 0.657. The first-order valence-electron chi connectivity index (χ1n) is 6.00. The highest BCUT2D eigenvalue weighted by Gasteiger charge is 2.54. The zero-order valence-electron chi connectivity index (χ0n) is 8.63. The van der Waals surface area contributed by atoms with Crippen LogP contribution in [0.1, 0.15) is 45.4 Å². The fraction of sp³-hybridized carbons (Fsp3) is 1.00. The van der Waals surface area contributed by atoms with Crippen LogP contribution in [0.2, 0.25) is 0 Å². The molecular weight excluding hydrogens is 158 g/mol. The number of hydrogen-bond acceptors (Lipinski definition) is 1. The summed E-state index contributed by atoms with van der Waals surface area (Å²) in [7, 11) is 0. The first-order chi connectivity index (χ1) is 6.21. The van der Waals surface area contributed by atoms with E-state index in [1.165, 1.54) is 38.5 Å². The lowest BCUT2D eigenvalue weighted by atomic mass is 9.48. The van der Waals surface area contributed by atoms with Crippen LogP contribution < -0.4 is 5.73 Å². The monoisotopic (exact) mass is 179 g/mol. The molecule has 0 amide bonds. The van der Waals surface area contributed by atoms with Crippen LogP contribution in [0.15, 0.2) is 0 Å². The van der Waals surface area contributed by atoms with Crippen LogP contribution in [0.25, 0.3) is 0 Å². The van der Waals surface area contributed by atoms with Crippen molar-refractivity contribution in [2.45, 2.75) is 51.0 Å². The summed E-state index contributed by atoms with van der Waals surface area (Å²) < 4.78 is 0. The van der Waals surface area contributed by atoms with Gasteiger partial charge in [-0.2, -0.15) is 0 Å². The SMILES string of the molecule is CCC1C2CC3CC(C2)CC1(N)C3. The lowest BCUT2D eigenvalue weighted by Crippen LogP contribution is -2.61. The van der Waals surface area contributed by atoms with Gasteiger partial charge in [-0.15, -0.1) is 0 Å². The third kappa shape index (κ3) is 1.03. The highest BCUT2D eigenvalue weighted by molar-refractivity contribution is 5.08. The molecule has 4 saturated carbocycles. The molecule has 0 heterocycles. The molecule has 1 nitrogen and oxygen atoms in total. The van der Waals surface area contributed by atoms with Crippen molar-refractivity contribution in [3.8, 4) is 0 Å². The van der Waals surface area contributed by atoms with Crippen LogP contribution in [0.3, 0.4) is 0 Å². The fourth-order valence-electron chi connectivity index (χ4n) is 4.95. The maximum absolute atomic E-state index is 6.58. The molecule has 4 rings (SSSR count). The largest absolute Gasteiger partial charge is 0.325 e. The molecular formula is C12H21N. The van der Waals surface area contributed by atoms with E-state index in [9.17, 15) is 0 Å². The Morgan fingerprint density at radius 2 is 1.77 bits per heavy atom. The second-order valence-electron chi connectivity index (χ2n) is 5.86. The highest BCUT2D eigenvalue weighted by atomic mass is 14.8. The van der Waals surface area contributed by atoms with Gasteiger partial charge in [-0.25, -0.2) is 0 Å². The molecule has 4 aliphatic rings. The molecule has 0 spiro atoms. The van der Waals surface area contributed by atoms with Crippen LogP contribution >= 0.6 is 0 Å². The molecule has 3 unspecified atom stereocenters. The molecule has 4 bridgehead atoms. The van der Waals surface area contributed by atoms with Crippen molar-refractivity contribution >= 4 is 0 Å². The Kier molecular flexibility index (Phi) is 1.59. The molecule has 4 fully saturated rings. The second-order valence-corrected chi connectivity index (χ2v) is 5.86. The Morgan fingerprint density at radius 3 is 2.23 bits per heavy atom. The summed E-state index contributed by atoms with van der Waals surface area (Å²) in [6.45, 7) is 2.33. The van der Waals surface area contributed by atoms with Crippen LogP contribution in [0.4, 0.5) is 0 Å². The first kappa shape index (κ1) is 8.28. The maximum Gasteiger partial charge on any atom is 0.0190 e. The summed E-state index contributed by atoms with van der Waals surface area (Å²) in [6.07, 6.45) is 8.53. The molecule has 13 heavy (non-hydrogen) atoms. The van der Waals surface area contributed by atoms with E-state index in [-0.39, 0.29) is 5.54 Å². The third-order valence-corrected chi connectivity index (χ3v) is 5.02. The van der Waals surface area contributed by atoms with Gasteiger partial charge in [-0.1, -0.05) is 13.3 Å². The van der Waals surface area contributed by atoms with Gasteiger partial charge in [0.2, 0.25) is 0 Å². The lowest BCUT2D eigenvalue weighted by Gasteiger charge is -2.60. The molecule has 0 aliphatic heterocycles. The normalized spacial score (nSPS) is 58.6. The van der Waals surface area contributed by atoms with Gasteiger partial charge < -0.3 is 5.73 Å². The number of nitrogens with two attached hydrogens (primary N) is 1. The smallest absolute Gasteiger partial charge is 0.0190 e. The zero-order valence-corrected chi connectivity index (χ0v) is 8.63. The van der Waals surface area contributed by atoms with Crippen molar-refractivity contribution in [3.05, 3.63) is 0 Å². The Labute approximate surface area is 81.1 Å². The molecule has 0 saturated heterocycles. The third-order valence-electron chi connectivity index (χ3n) is 5.02. The zero-order chi connectivity index (χ0) is 9.05. The van der Waals surface area contributed by atoms with E-state index in [2.05, 4.69) is 6.92 Å². The van der Waals surface area contributed by atoms with Gasteiger partial charge >= 0.3 is 0 Å². The van der Waals surface area contributed by atoms with Gasteiger partial charge in [-0.05, 0) is 55.8 Å². The van der Waals surface area contributed by atoms with Crippen molar-refractivity contribution in [2.75, 3.05) is 0 Å². The minimum Gasteiger partial charge on any atom is -0.325 e. The Morgan fingerprint density at radius 1 is 1.15 bits per heavy atom. The van der Waals surface area contributed by atoms with Crippen molar-refractivity contribution in [2.24, 2.45) is 29.4 Å². The van der Waals surface area contributed by atoms with Crippen molar-refractivity contribution in [1.29, 1.82) is 0 Å². The summed E-state index contributed by atoms with van der Waals surface area (Å²) in [6, 6.07) is 0. The fourth-order valence-corrected chi connectivity index (χ4v) is 4.95. The Bertz CT molecular complexity index is 209. The van der Waals surface area contributed by atoms with Gasteiger partial charge in [0.25, 0.3) is 0 Å². The summed E-state index contributed by atoms with van der Waals surface area (Å²) in [5.74, 6) is 3.87. The molecule has 0 aromatic rings. The van der Waals surface area contributed by atoms with Gasteiger partial charge in [0.15, 0.2) is 0 Å². The minimum atomic E-state index is 0.267. The van der Waals surface area contributed by atoms with Crippen LogP contribution in [-0.4, -0.2) is 5.54 Å². The van der Waals surface area contributed by atoms with Gasteiger partial charge in [0.1, 0.15) is 0 Å². The average molecular weight is 179 g/mol. The van der Waals surface area contributed by atoms with E-state index in [1.807, 2.05) is 0 Å². The molecule has 4 aliphatic carbocycles. The molecule has 3 atom stereocenters. The standard InChI is InChI=1S/C12H21N/c1-2-11-10-4-8-3-9(5-10)7-12(11,13)6-8/h8-11H,2-7,13H2,1H3. The maximum atomic E-state index is 6.58. The van der Waals surface area contributed by atoms with Crippen molar-refractivity contribution in [3.63, 3.8) is 0 Å². The molecule has 1 heteroatoms. The van der Waals surface area contributed by atoms with Gasteiger partial charge in [0, 0.05) is 5.54 Å².